The van der Waals surface area contributed by atoms with Crippen LogP contribution in [0.3, 0.4) is 0 Å². The van der Waals surface area contributed by atoms with E-state index in [2.05, 4.69) is 0 Å². The number of carboxylic acid groups (broad SMARTS) is 1. The molecular formula is C4H10CaO3S. The van der Waals surface area contributed by atoms with Crippen molar-refractivity contribution >= 4 is 55.5 Å². The van der Waals surface area contributed by atoms with Crippen LogP contribution >= 0.6 is 11.8 Å². The molecule has 1 atom stereocenters. The molecule has 0 aliphatic rings. The van der Waals surface area contributed by atoms with E-state index in [1.807, 2.05) is 0 Å². The first-order valence-corrected chi connectivity index (χ1v) is 3.25. The Morgan fingerprint density at radius 3 is 2.44 bits per heavy atom. The number of hydrogen-bond acceptors (Lipinski definition) is 3. The van der Waals surface area contributed by atoms with Crippen LogP contribution in [0.4, 0.5) is 0 Å². The summed E-state index contributed by atoms with van der Waals surface area (Å²) in [5, 5.41) is 16.5. The summed E-state index contributed by atoms with van der Waals surface area (Å²) in [7, 11) is 0. The van der Waals surface area contributed by atoms with E-state index in [1.165, 1.54) is 0 Å². The molecule has 0 spiro atoms. The predicted octanol–water partition coefficient (Wildman–Crippen LogP) is -0.0133. The molecule has 0 amide bonds. The van der Waals surface area contributed by atoms with E-state index in [9.17, 15) is 4.79 Å². The van der Waals surface area contributed by atoms with Crippen LogP contribution in [-0.2, 0) is 4.79 Å². The molecule has 0 aromatic carbocycles. The minimum atomic E-state index is -1.25. The van der Waals surface area contributed by atoms with Crippen molar-refractivity contribution < 1.29 is 17.9 Å². The minimum absolute atomic E-state index is 0. The molecule has 1 unspecified atom stereocenters. The molecular weight excluding hydrogens is 168 g/mol. The first-order valence-electron chi connectivity index (χ1n) is 2.21. The summed E-state index contributed by atoms with van der Waals surface area (Å²) in [6.45, 7) is 1.79. The van der Waals surface area contributed by atoms with Gasteiger partial charge < -0.3 is 13.1 Å². The zero-order valence-corrected chi connectivity index (χ0v) is 8.23. The second-order valence-electron chi connectivity index (χ2n) is 1.15. The first kappa shape index (κ1) is 12.7. The first-order chi connectivity index (χ1) is 3.68. The Bertz CT molecular complexity index is 95.4. The summed E-state index contributed by atoms with van der Waals surface area (Å²) in [6, 6.07) is 0. The fraction of sp³-hybridized carbons (Fsp3) is 0.750. The van der Waals surface area contributed by atoms with Gasteiger partial charge in [0, 0.05) is 0 Å². The minimum Gasteiger partial charge on any atom is -1.00 e. The van der Waals surface area contributed by atoms with Crippen molar-refractivity contribution in [1.82, 2.24) is 0 Å². The van der Waals surface area contributed by atoms with Crippen molar-refractivity contribution in [2.75, 3.05) is 5.75 Å². The number of carboxylic acids is 1. The van der Waals surface area contributed by atoms with Gasteiger partial charge in [0.1, 0.15) is 0 Å². The Balaban J connectivity index is -0.0000000817. The second-order valence-corrected chi connectivity index (χ2v) is 2.50. The summed E-state index contributed by atoms with van der Waals surface area (Å²) >= 11 is 0.995. The largest absolute Gasteiger partial charge is 2.00 e. The summed E-state index contributed by atoms with van der Waals surface area (Å²) in [4.78, 5) is 9.82. The zero-order valence-electron chi connectivity index (χ0n) is 7.20. The third-order valence-electron chi connectivity index (χ3n) is 0.536. The Morgan fingerprint density at radius 1 is 1.89 bits per heavy atom. The van der Waals surface area contributed by atoms with Gasteiger partial charge in [-0.25, -0.2) is 4.79 Å². The van der Waals surface area contributed by atoms with Crippen molar-refractivity contribution in [3.8, 4) is 0 Å². The molecule has 2 N–H and O–H groups in total. The van der Waals surface area contributed by atoms with Crippen LogP contribution in [0.5, 0.6) is 0 Å². The average molecular weight is 178 g/mol. The number of carbonyl (C=O) groups is 1. The maximum atomic E-state index is 9.82. The molecule has 0 rings (SSSR count). The zero-order chi connectivity index (χ0) is 6.57. The Hall–Kier alpha value is 1.04. The van der Waals surface area contributed by atoms with Gasteiger partial charge in [0.25, 0.3) is 0 Å². The van der Waals surface area contributed by atoms with E-state index in [0.29, 0.717) is 5.75 Å². The molecule has 9 heavy (non-hydrogen) atoms. The molecule has 0 fully saturated rings. The molecule has 0 bridgehead atoms. The van der Waals surface area contributed by atoms with Gasteiger partial charge in [0.15, 0.2) is 5.44 Å². The molecule has 0 aliphatic heterocycles. The summed E-state index contributed by atoms with van der Waals surface area (Å²) < 4.78 is 0. The maximum Gasteiger partial charge on any atom is 2.00 e. The topological polar surface area (TPSA) is 57.5 Å². The Morgan fingerprint density at radius 2 is 2.33 bits per heavy atom. The predicted molar refractivity (Wildman–Crippen MR) is 39.8 cm³/mol. The molecule has 5 heteroatoms. The average Bonchev–Trinajstić information content (AvgIpc) is 1.67. The molecule has 0 aromatic rings. The molecule has 0 aromatic heterocycles. The summed E-state index contributed by atoms with van der Waals surface area (Å²) in [5.41, 5.74) is -1.25. The van der Waals surface area contributed by atoms with E-state index in [0.717, 1.165) is 11.8 Å². The molecule has 0 saturated carbocycles. The normalized spacial score (nSPS) is 11.8. The van der Waals surface area contributed by atoms with Crippen molar-refractivity contribution in [1.29, 1.82) is 0 Å². The quantitative estimate of drug-likeness (QED) is 0.471. The van der Waals surface area contributed by atoms with Crippen LogP contribution in [0.15, 0.2) is 0 Å². The van der Waals surface area contributed by atoms with Gasteiger partial charge in [-0.1, -0.05) is 6.92 Å². The van der Waals surface area contributed by atoms with Crippen LogP contribution in [0.2, 0.25) is 0 Å². The van der Waals surface area contributed by atoms with Crippen molar-refractivity contribution in [2.24, 2.45) is 0 Å². The molecule has 0 aliphatic carbocycles. The third-order valence-corrected chi connectivity index (χ3v) is 1.39. The van der Waals surface area contributed by atoms with Crippen molar-refractivity contribution in [3.05, 3.63) is 0 Å². The van der Waals surface area contributed by atoms with E-state index in [4.69, 9.17) is 10.2 Å². The monoisotopic (exact) mass is 178 g/mol. The molecule has 0 radical (unpaired) electrons. The molecule has 3 nitrogen and oxygen atoms in total. The number of hydrogen-bond donors (Lipinski definition) is 2. The molecule has 0 saturated heterocycles. The van der Waals surface area contributed by atoms with Crippen molar-refractivity contribution in [2.45, 2.75) is 12.4 Å². The van der Waals surface area contributed by atoms with Gasteiger partial charge in [-0.2, -0.15) is 0 Å². The number of thioether (sulfide) groups is 1. The Labute approximate surface area is 90.8 Å². The van der Waals surface area contributed by atoms with Crippen LogP contribution < -0.4 is 0 Å². The number of aliphatic carboxylic acids is 1. The maximum absolute atomic E-state index is 9.82. The van der Waals surface area contributed by atoms with Crippen LogP contribution in [-0.4, -0.2) is 65.1 Å². The van der Waals surface area contributed by atoms with Gasteiger partial charge in [-0.3, -0.25) is 0 Å². The van der Waals surface area contributed by atoms with E-state index in [-0.39, 0.29) is 40.6 Å². The number of aliphatic hydroxyl groups excluding tert-OH is 1. The van der Waals surface area contributed by atoms with Crippen LogP contribution in [0.25, 0.3) is 0 Å². The van der Waals surface area contributed by atoms with Crippen molar-refractivity contribution in [3.63, 3.8) is 0 Å². The molecule has 0 heterocycles. The third kappa shape index (κ3) is 6.93. The van der Waals surface area contributed by atoms with E-state index >= 15 is 0 Å². The van der Waals surface area contributed by atoms with E-state index < -0.39 is 11.4 Å². The summed E-state index contributed by atoms with van der Waals surface area (Å²) in [6.07, 6.45) is 0. The van der Waals surface area contributed by atoms with Gasteiger partial charge in [0.2, 0.25) is 0 Å². The Kier molecular flexibility index (Phi) is 10.1. The van der Waals surface area contributed by atoms with Crippen LogP contribution in [0, 0.1) is 0 Å². The SMILES string of the molecule is CCSC(O)C(=O)O.[Ca+2].[H-].[H-]. The number of rotatable bonds is 3. The van der Waals surface area contributed by atoms with Crippen LogP contribution in [0.1, 0.15) is 9.78 Å². The summed E-state index contributed by atoms with van der Waals surface area (Å²) in [5.74, 6) is -0.551. The smallest absolute Gasteiger partial charge is 1.00 e. The fourth-order valence-electron chi connectivity index (χ4n) is 0.229. The molecule has 52 valence electrons. The van der Waals surface area contributed by atoms with E-state index in [1.54, 1.807) is 6.92 Å². The van der Waals surface area contributed by atoms with Gasteiger partial charge in [0.05, 0.1) is 0 Å². The number of aliphatic hydroxyl groups is 1. The van der Waals surface area contributed by atoms with Gasteiger partial charge in [-0.15, -0.1) is 11.8 Å². The fourth-order valence-corrected chi connectivity index (χ4v) is 0.687. The van der Waals surface area contributed by atoms with Gasteiger partial charge in [-0.05, 0) is 5.75 Å². The second kappa shape index (κ2) is 7.15. The van der Waals surface area contributed by atoms with Gasteiger partial charge >= 0.3 is 43.7 Å². The standard InChI is InChI=1S/C4H8O3S.Ca.2H/c1-2-8-4(7)3(5)6;;;/h4,7H,2H2,1H3,(H,5,6);;;/q;+2;2*-1.